The van der Waals surface area contributed by atoms with Gasteiger partial charge in [0.1, 0.15) is 5.82 Å². The fourth-order valence-electron chi connectivity index (χ4n) is 4.10. The second-order valence-corrected chi connectivity index (χ2v) is 7.94. The second-order valence-electron chi connectivity index (χ2n) is 6.80. The zero-order valence-electron chi connectivity index (χ0n) is 13.3. The number of rotatable bonds is 5. The number of carbonyl (C=O) groups excluding carboxylic acids is 1. The molecule has 1 aromatic carbocycles. The number of benzene rings is 1. The van der Waals surface area contributed by atoms with Crippen molar-refractivity contribution in [3.8, 4) is 0 Å². The SMILES string of the molecule is NC1CC2CCCC(C1)C2NC(=O)CCSc1ccccc1F. The number of nitrogens with two attached hydrogens (primary N) is 1. The smallest absolute Gasteiger partial charge is 0.221 e. The van der Waals surface area contributed by atoms with Crippen molar-refractivity contribution in [1.29, 1.82) is 0 Å². The van der Waals surface area contributed by atoms with Gasteiger partial charge < -0.3 is 11.1 Å². The predicted molar refractivity (Wildman–Crippen MR) is 91.7 cm³/mol. The van der Waals surface area contributed by atoms with Crippen LogP contribution in [0, 0.1) is 17.7 Å². The molecule has 2 atom stereocenters. The molecule has 2 bridgehead atoms. The van der Waals surface area contributed by atoms with Crippen LogP contribution in [0.2, 0.25) is 0 Å². The summed E-state index contributed by atoms with van der Waals surface area (Å²) in [4.78, 5) is 12.9. The van der Waals surface area contributed by atoms with Gasteiger partial charge in [0.15, 0.2) is 0 Å². The molecular formula is C18H25FN2OS. The Morgan fingerprint density at radius 3 is 2.65 bits per heavy atom. The van der Waals surface area contributed by atoms with Crippen molar-refractivity contribution in [1.82, 2.24) is 5.32 Å². The summed E-state index contributed by atoms with van der Waals surface area (Å²) in [6, 6.07) is 7.31. The minimum absolute atomic E-state index is 0.0891. The third kappa shape index (κ3) is 4.27. The van der Waals surface area contributed by atoms with E-state index in [0.717, 1.165) is 12.8 Å². The molecule has 3 N–H and O–H groups in total. The van der Waals surface area contributed by atoms with Gasteiger partial charge in [-0.15, -0.1) is 11.8 Å². The lowest BCUT2D eigenvalue weighted by atomic mass is 9.67. The molecule has 0 spiro atoms. The summed E-state index contributed by atoms with van der Waals surface area (Å²) in [5.41, 5.74) is 6.13. The van der Waals surface area contributed by atoms with Crippen molar-refractivity contribution >= 4 is 17.7 Å². The highest BCUT2D eigenvalue weighted by atomic mass is 32.2. The van der Waals surface area contributed by atoms with E-state index in [1.165, 1.54) is 37.1 Å². The van der Waals surface area contributed by atoms with Crippen molar-refractivity contribution in [3.63, 3.8) is 0 Å². The Hall–Kier alpha value is -1.07. The van der Waals surface area contributed by atoms with Crippen molar-refractivity contribution in [3.05, 3.63) is 30.1 Å². The molecule has 2 aliphatic rings. The van der Waals surface area contributed by atoms with Gasteiger partial charge in [-0.05, 0) is 49.7 Å². The van der Waals surface area contributed by atoms with Crippen molar-refractivity contribution in [2.24, 2.45) is 17.6 Å². The van der Waals surface area contributed by atoms with Crippen molar-refractivity contribution < 1.29 is 9.18 Å². The maximum Gasteiger partial charge on any atom is 0.221 e. The Labute approximate surface area is 141 Å². The van der Waals surface area contributed by atoms with E-state index in [1.54, 1.807) is 12.1 Å². The predicted octanol–water partition coefficient (Wildman–Crippen LogP) is 3.33. The number of hydrogen-bond acceptors (Lipinski definition) is 3. The summed E-state index contributed by atoms with van der Waals surface area (Å²) in [6.45, 7) is 0. The van der Waals surface area contributed by atoms with Gasteiger partial charge in [-0.2, -0.15) is 0 Å². The van der Waals surface area contributed by atoms with Crippen LogP contribution in [0.25, 0.3) is 0 Å². The first-order valence-corrected chi connectivity index (χ1v) is 9.54. The van der Waals surface area contributed by atoms with Crippen LogP contribution >= 0.6 is 11.8 Å². The molecule has 1 amide bonds. The molecule has 2 saturated carbocycles. The van der Waals surface area contributed by atoms with Crippen LogP contribution in [-0.2, 0) is 4.79 Å². The Bertz CT molecular complexity index is 540. The molecule has 126 valence electrons. The summed E-state index contributed by atoms with van der Waals surface area (Å²) < 4.78 is 13.5. The molecule has 2 unspecified atom stereocenters. The molecule has 2 fully saturated rings. The van der Waals surface area contributed by atoms with Gasteiger partial charge in [-0.25, -0.2) is 4.39 Å². The van der Waals surface area contributed by atoms with E-state index in [2.05, 4.69) is 5.32 Å². The second kappa shape index (κ2) is 7.67. The third-order valence-corrected chi connectivity index (χ3v) is 6.18. The number of thioether (sulfide) groups is 1. The Balaban J connectivity index is 1.47. The lowest BCUT2D eigenvalue weighted by Gasteiger charge is -2.45. The Kier molecular flexibility index (Phi) is 5.59. The van der Waals surface area contributed by atoms with E-state index in [0.29, 0.717) is 41.0 Å². The van der Waals surface area contributed by atoms with Crippen LogP contribution in [0.1, 0.15) is 38.5 Å². The van der Waals surface area contributed by atoms with Crippen molar-refractivity contribution in [2.45, 2.75) is 55.5 Å². The van der Waals surface area contributed by atoms with Crippen molar-refractivity contribution in [2.75, 3.05) is 5.75 Å². The van der Waals surface area contributed by atoms with E-state index in [-0.39, 0.29) is 11.7 Å². The Morgan fingerprint density at radius 1 is 1.26 bits per heavy atom. The number of fused-ring (bicyclic) bond motifs is 2. The van der Waals surface area contributed by atoms with Gasteiger partial charge >= 0.3 is 0 Å². The monoisotopic (exact) mass is 336 g/mol. The highest BCUT2D eigenvalue weighted by molar-refractivity contribution is 7.99. The molecule has 23 heavy (non-hydrogen) atoms. The summed E-state index contributed by atoms with van der Waals surface area (Å²) in [5.74, 6) is 1.56. The van der Waals surface area contributed by atoms with Gasteiger partial charge in [-0.1, -0.05) is 18.6 Å². The van der Waals surface area contributed by atoms with Gasteiger partial charge in [0.2, 0.25) is 5.91 Å². The molecule has 3 nitrogen and oxygen atoms in total. The fourth-order valence-corrected chi connectivity index (χ4v) is 4.99. The first kappa shape index (κ1) is 16.8. The molecule has 0 heterocycles. The molecule has 0 saturated heterocycles. The number of halogens is 1. The number of nitrogens with one attached hydrogen (secondary N) is 1. The fraction of sp³-hybridized carbons (Fsp3) is 0.611. The van der Waals surface area contributed by atoms with E-state index in [1.807, 2.05) is 6.07 Å². The van der Waals surface area contributed by atoms with E-state index in [4.69, 9.17) is 5.73 Å². The quantitative estimate of drug-likeness (QED) is 0.811. The van der Waals surface area contributed by atoms with Crippen LogP contribution in [0.3, 0.4) is 0 Å². The largest absolute Gasteiger partial charge is 0.353 e. The first-order chi connectivity index (χ1) is 11.1. The molecule has 0 radical (unpaired) electrons. The maximum absolute atomic E-state index is 13.5. The zero-order chi connectivity index (χ0) is 16.2. The van der Waals surface area contributed by atoms with Crippen LogP contribution in [0.4, 0.5) is 4.39 Å². The first-order valence-electron chi connectivity index (χ1n) is 8.55. The normalized spacial score (nSPS) is 30.0. The van der Waals surface area contributed by atoms with E-state index < -0.39 is 0 Å². The third-order valence-electron chi connectivity index (χ3n) is 5.13. The topological polar surface area (TPSA) is 55.1 Å². The molecule has 1 aromatic rings. The van der Waals surface area contributed by atoms with Gasteiger partial charge in [0, 0.05) is 29.2 Å². The van der Waals surface area contributed by atoms with Crippen LogP contribution < -0.4 is 11.1 Å². The highest BCUT2D eigenvalue weighted by Gasteiger charge is 2.39. The molecule has 2 aliphatic carbocycles. The summed E-state index contributed by atoms with van der Waals surface area (Å²) in [5, 5.41) is 3.24. The highest BCUT2D eigenvalue weighted by Crippen LogP contribution is 2.39. The van der Waals surface area contributed by atoms with Crippen LogP contribution in [0.15, 0.2) is 29.2 Å². The molecule has 0 aliphatic heterocycles. The number of amides is 1. The number of carbonyl (C=O) groups is 1. The Morgan fingerprint density at radius 2 is 1.96 bits per heavy atom. The summed E-state index contributed by atoms with van der Waals surface area (Å²) >= 11 is 1.40. The van der Waals surface area contributed by atoms with Crippen LogP contribution in [0.5, 0.6) is 0 Å². The average Bonchev–Trinajstić information content (AvgIpc) is 2.50. The molecule has 3 rings (SSSR count). The minimum Gasteiger partial charge on any atom is -0.353 e. The molecule has 5 heteroatoms. The maximum atomic E-state index is 13.5. The standard InChI is InChI=1S/C18H25FN2OS/c19-15-6-1-2-7-16(15)23-9-8-17(22)21-18-12-4-3-5-13(18)11-14(20)10-12/h1-2,6-7,12-14,18H,3-5,8-11,20H2,(H,21,22). The minimum atomic E-state index is -0.214. The van der Waals surface area contributed by atoms with E-state index in [9.17, 15) is 9.18 Å². The van der Waals surface area contributed by atoms with Crippen LogP contribution in [-0.4, -0.2) is 23.7 Å². The molecule has 0 aromatic heterocycles. The number of hydrogen-bond donors (Lipinski definition) is 2. The zero-order valence-corrected chi connectivity index (χ0v) is 14.2. The lowest BCUT2D eigenvalue weighted by Crippen LogP contribution is -2.53. The van der Waals surface area contributed by atoms with E-state index >= 15 is 0 Å². The molecular weight excluding hydrogens is 311 g/mol. The summed E-state index contributed by atoms with van der Waals surface area (Å²) in [6.07, 6.45) is 6.12. The van der Waals surface area contributed by atoms with Gasteiger partial charge in [0.05, 0.1) is 0 Å². The van der Waals surface area contributed by atoms with Gasteiger partial charge in [-0.3, -0.25) is 4.79 Å². The van der Waals surface area contributed by atoms with Gasteiger partial charge in [0.25, 0.3) is 0 Å². The summed E-state index contributed by atoms with van der Waals surface area (Å²) in [7, 11) is 0. The lowest BCUT2D eigenvalue weighted by molar-refractivity contribution is -0.123. The average molecular weight is 336 g/mol.